The minimum Gasteiger partial charge on any atom is -0.481 e. The Hall–Kier alpha value is -3.37. The summed E-state index contributed by atoms with van der Waals surface area (Å²) in [5, 5.41) is 10.4. The molecule has 4 nitrogen and oxygen atoms in total. The predicted molar refractivity (Wildman–Crippen MR) is 116 cm³/mol. The monoisotopic (exact) mass is 384 g/mol. The van der Waals surface area contributed by atoms with Gasteiger partial charge in [-0.3, -0.25) is 9.69 Å². The maximum Gasteiger partial charge on any atom is 0.307 e. The highest BCUT2D eigenvalue weighted by Gasteiger charge is 2.22. The summed E-state index contributed by atoms with van der Waals surface area (Å²) in [5.41, 5.74) is 4.27. The third-order valence-corrected chi connectivity index (χ3v) is 5.22. The summed E-state index contributed by atoms with van der Waals surface area (Å²) in [7, 11) is 2.11. The number of aromatic nitrogens is 1. The molecule has 0 aliphatic carbocycles. The molecule has 0 amide bonds. The number of carboxylic acids is 1. The fourth-order valence-corrected chi connectivity index (χ4v) is 3.99. The Bertz CT molecular complexity index is 1100. The number of carbonyl (C=O) groups is 1. The Morgan fingerprint density at radius 1 is 0.931 bits per heavy atom. The van der Waals surface area contributed by atoms with E-state index in [0.29, 0.717) is 0 Å². The molecular weight excluding hydrogens is 360 g/mol. The first-order chi connectivity index (χ1) is 14.1. The number of hydrogen-bond acceptors (Lipinski definition) is 2. The predicted octanol–water partition coefficient (Wildman–Crippen LogP) is 4.95. The van der Waals surface area contributed by atoms with E-state index in [1.807, 2.05) is 48.7 Å². The number of rotatable bonds is 7. The summed E-state index contributed by atoms with van der Waals surface area (Å²) in [6.45, 7) is 0.779. The smallest absolute Gasteiger partial charge is 0.307 e. The summed E-state index contributed by atoms with van der Waals surface area (Å²) in [5.74, 6) is -0.818. The highest BCUT2D eigenvalue weighted by atomic mass is 16.4. The molecule has 1 heterocycles. The van der Waals surface area contributed by atoms with Crippen molar-refractivity contribution in [2.75, 3.05) is 7.05 Å². The van der Waals surface area contributed by atoms with Gasteiger partial charge in [-0.2, -0.15) is 0 Å². The Morgan fingerprint density at radius 2 is 1.55 bits per heavy atom. The number of hydrogen-bond donors (Lipinski definition) is 1. The van der Waals surface area contributed by atoms with E-state index in [1.54, 1.807) is 0 Å². The molecule has 4 rings (SSSR count). The van der Waals surface area contributed by atoms with Crippen LogP contribution in [0.2, 0.25) is 0 Å². The largest absolute Gasteiger partial charge is 0.481 e. The van der Waals surface area contributed by atoms with Crippen LogP contribution in [-0.4, -0.2) is 27.6 Å². The zero-order valence-electron chi connectivity index (χ0n) is 16.4. The van der Waals surface area contributed by atoms with Crippen LogP contribution in [0.15, 0.2) is 91.1 Å². The van der Waals surface area contributed by atoms with E-state index in [1.165, 1.54) is 5.56 Å². The van der Waals surface area contributed by atoms with E-state index in [2.05, 4.69) is 59.0 Å². The maximum absolute atomic E-state index is 11.4. The van der Waals surface area contributed by atoms with Crippen molar-refractivity contribution in [2.45, 2.75) is 19.1 Å². The van der Waals surface area contributed by atoms with Crippen LogP contribution >= 0.6 is 0 Å². The standard InChI is InChI=1S/C25H24N2O2/c1-26(17-19-10-4-2-5-11-19)25(20-12-6-3-7-13-20)27-18-21(16-24(28)29)22-14-8-9-15-23(22)27/h2-15,18,25H,16-17H2,1H3,(H,28,29). The molecule has 146 valence electrons. The Labute approximate surface area is 170 Å². The number of aliphatic carboxylic acids is 1. The molecule has 0 radical (unpaired) electrons. The molecule has 29 heavy (non-hydrogen) atoms. The van der Waals surface area contributed by atoms with Gasteiger partial charge < -0.3 is 9.67 Å². The summed E-state index contributed by atoms with van der Waals surface area (Å²) in [4.78, 5) is 13.7. The quantitative estimate of drug-likeness (QED) is 0.490. The van der Waals surface area contributed by atoms with E-state index in [4.69, 9.17) is 0 Å². The first kappa shape index (κ1) is 19.0. The van der Waals surface area contributed by atoms with Crippen molar-refractivity contribution in [1.29, 1.82) is 0 Å². The fraction of sp³-hybridized carbons (Fsp3) is 0.160. The molecule has 1 atom stereocenters. The lowest BCUT2D eigenvalue weighted by atomic mass is 10.1. The van der Waals surface area contributed by atoms with Crippen LogP contribution in [-0.2, 0) is 17.8 Å². The van der Waals surface area contributed by atoms with Crippen LogP contribution in [0.5, 0.6) is 0 Å². The Balaban J connectivity index is 1.82. The molecule has 3 aromatic carbocycles. The van der Waals surface area contributed by atoms with E-state index in [0.717, 1.165) is 28.6 Å². The highest BCUT2D eigenvalue weighted by Crippen LogP contribution is 2.31. The van der Waals surface area contributed by atoms with Gasteiger partial charge in [0, 0.05) is 23.6 Å². The molecule has 4 aromatic rings. The molecule has 0 aliphatic heterocycles. The average molecular weight is 384 g/mol. The van der Waals surface area contributed by atoms with Crippen molar-refractivity contribution < 1.29 is 9.90 Å². The van der Waals surface area contributed by atoms with E-state index >= 15 is 0 Å². The van der Waals surface area contributed by atoms with Crippen molar-refractivity contribution in [2.24, 2.45) is 0 Å². The molecule has 1 unspecified atom stereocenters. The number of benzene rings is 3. The lowest BCUT2D eigenvalue weighted by Crippen LogP contribution is -2.29. The minimum atomic E-state index is -0.818. The number of carboxylic acid groups (broad SMARTS) is 1. The third kappa shape index (κ3) is 4.08. The first-order valence-corrected chi connectivity index (χ1v) is 9.73. The van der Waals surface area contributed by atoms with Crippen LogP contribution in [0, 0.1) is 0 Å². The van der Waals surface area contributed by atoms with E-state index < -0.39 is 5.97 Å². The van der Waals surface area contributed by atoms with Crippen LogP contribution in [0.3, 0.4) is 0 Å². The minimum absolute atomic E-state index is 0.0113. The molecule has 0 spiro atoms. The van der Waals surface area contributed by atoms with Gasteiger partial charge in [-0.15, -0.1) is 0 Å². The zero-order valence-corrected chi connectivity index (χ0v) is 16.4. The van der Waals surface area contributed by atoms with Crippen LogP contribution in [0.25, 0.3) is 10.9 Å². The van der Waals surface area contributed by atoms with E-state index in [9.17, 15) is 9.90 Å². The molecule has 0 aliphatic rings. The normalized spacial score (nSPS) is 12.3. The molecule has 1 N–H and O–H groups in total. The molecule has 0 fully saturated rings. The third-order valence-electron chi connectivity index (χ3n) is 5.22. The van der Waals surface area contributed by atoms with Crippen molar-refractivity contribution >= 4 is 16.9 Å². The van der Waals surface area contributed by atoms with Gasteiger partial charge in [0.2, 0.25) is 0 Å². The van der Waals surface area contributed by atoms with Gasteiger partial charge in [-0.05, 0) is 29.8 Å². The van der Waals surface area contributed by atoms with Crippen molar-refractivity contribution in [3.05, 3.63) is 108 Å². The van der Waals surface area contributed by atoms with E-state index in [-0.39, 0.29) is 12.6 Å². The van der Waals surface area contributed by atoms with Gasteiger partial charge in [-0.1, -0.05) is 78.9 Å². The van der Waals surface area contributed by atoms with Gasteiger partial charge >= 0.3 is 5.97 Å². The average Bonchev–Trinajstić information content (AvgIpc) is 3.07. The zero-order chi connectivity index (χ0) is 20.2. The number of fused-ring (bicyclic) bond motifs is 1. The molecule has 0 bridgehead atoms. The molecule has 0 saturated heterocycles. The second-order valence-electron chi connectivity index (χ2n) is 7.33. The summed E-state index contributed by atoms with van der Waals surface area (Å²) < 4.78 is 2.20. The van der Waals surface area contributed by atoms with Crippen LogP contribution in [0.1, 0.15) is 22.9 Å². The Kier molecular flexibility index (Phi) is 5.45. The van der Waals surface area contributed by atoms with Crippen molar-refractivity contribution in [1.82, 2.24) is 9.47 Å². The first-order valence-electron chi connectivity index (χ1n) is 9.73. The van der Waals surface area contributed by atoms with Gasteiger partial charge in [0.15, 0.2) is 0 Å². The molecule has 1 aromatic heterocycles. The van der Waals surface area contributed by atoms with Gasteiger partial charge in [0.25, 0.3) is 0 Å². The van der Waals surface area contributed by atoms with Crippen LogP contribution < -0.4 is 0 Å². The summed E-state index contributed by atoms with van der Waals surface area (Å²) in [6.07, 6.45) is 1.96. The second-order valence-corrected chi connectivity index (χ2v) is 7.33. The van der Waals surface area contributed by atoms with Crippen molar-refractivity contribution in [3.63, 3.8) is 0 Å². The second kappa shape index (κ2) is 8.33. The number of para-hydroxylation sites is 1. The van der Waals surface area contributed by atoms with Gasteiger partial charge in [0.05, 0.1) is 6.42 Å². The fourth-order valence-electron chi connectivity index (χ4n) is 3.99. The SMILES string of the molecule is CN(Cc1ccccc1)C(c1ccccc1)n1cc(CC(=O)O)c2ccccc21. The lowest BCUT2D eigenvalue weighted by molar-refractivity contribution is -0.136. The summed E-state index contributed by atoms with van der Waals surface area (Å²) in [6, 6.07) is 28.8. The van der Waals surface area contributed by atoms with Crippen LogP contribution in [0.4, 0.5) is 0 Å². The molecular formula is C25H24N2O2. The maximum atomic E-state index is 11.4. The summed E-state index contributed by atoms with van der Waals surface area (Å²) >= 11 is 0. The molecule has 4 heteroatoms. The van der Waals surface area contributed by atoms with Crippen molar-refractivity contribution in [3.8, 4) is 0 Å². The molecule has 0 saturated carbocycles. The Morgan fingerprint density at radius 3 is 2.24 bits per heavy atom. The van der Waals surface area contributed by atoms with Gasteiger partial charge in [0.1, 0.15) is 6.17 Å². The van der Waals surface area contributed by atoms with Gasteiger partial charge in [-0.25, -0.2) is 0 Å². The highest BCUT2D eigenvalue weighted by molar-refractivity contribution is 5.87. The topological polar surface area (TPSA) is 45.5 Å². The number of nitrogens with zero attached hydrogens (tertiary/aromatic N) is 2. The lowest BCUT2D eigenvalue weighted by Gasteiger charge is -2.31.